The number of hydrogen-bond acceptors (Lipinski definition) is 4. The molecule has 1 atom stereocenters. The van der Waals surface area contributed by atoms with Gasteiger partial charge in [-0.15, -0.1) is 5.10 Å². The van der Waals surface area contributed by atoms with Crippen LogP contribution in [0.2, 0.25) is 10.0 Å². The van der Waals surface area contributed by atoms with Crippen molar-refractivity contribution >= 4 is 29.3 Å². The van der Waals surface area contributed by atoms with Crippen molar-refractivity contribution in [3.05, 3.63) is 45.7 Å². The summed E-state index contributed by atoms with van der Waals surface area (Å²) in [7, 11) is 4.28. The van der Waals surface area contributed by atoms with Gasteiger partial charge in [0.1, 0.15) is 0 Å². The number of benzene rings is 1. The number of nitrogens with zero attached hydrogens (tertiary/aromatic N) is 5. The smallest absolute Gasteiger partial charge is 0.172 e. The highest BCUT2D eigenvalue weighted by Gasteiger charge is 2.42. The topological polar surface area (TPSA) is 46.8 Å². The normalized spacial score (nSPS) is 18.5. The first-order chi connectivity index (χ1) is 13.6. The third-order valence-electron chi connectivity index (χ3n) is 6.02. The van der Waals surface area contributed by atoms with Gasteiger partial charge in [-0.25, -0.2) is 4.68 Å². The lowest BCUT2D eigenvalue weighted by molar-refractivity contribution is 0.0783. The maximum absolute atomic E-state index is 6.38. The zero-order valence-electron chi connectivity index (χ0n) is 18.0. The lowest BCUT2D eigenvalue weighted by Gasteiger charge is -2.43. The van der Waals surface area contributed by atoms with Gasteiger partial charge in [0.05, 0.1) is 11.6 Å². The van der Waals surface area contributed by atoms with Crippen LogP contribution in [0.15, 0.2) is 24.3 Å². The molecule has 0 saturated heterocycles. The van der Waals surface area contributed by atoms with Gasteiger partial charge in [0.2, 0.25) is 0 Å². The minimum Gasteiger partial charge on any atom is -0.297 e. The van der Waals surface area contributed by atoms with Crippen molar-refractivity contribution in [3.63, 3.8) is 0 Å². The fourth-order valence-corrected chi connectivity index (χ4v) is 4.73. The van der Waals surface area contributed by atoms with Crippen molar-refractivity contribution in [3.8, 4) is 0 Å². The molecule has 1 aromatic heterocycles. The van der Waals surface area contributed by atoms with Crippen molar-refractivity contribution in [2.45, 2.75) is 64.5 Å². The second-order valence-electron chi connectivity index (χ2n) is 9.27. The van der Waals surface area contributed by atoms with Crippen molar-refractivity contribution in [1.29, 1.82) is 0 Å². The molecule has 29 heavy (non-hydrogen) atoms. The van der Waals surface area contributed by atoms with Crippen LogP contribution in [0, 0.1) is 5.41 Å². The van der Waals surface area contributed by atoms with Gasteiger partial charge < -0.3 is 0 Å². The van der Waals surface area contributed by atoms with E-state index in [1.807, 2.05) is 22.9 Å². The minimum absolute atomic E-state index is 0.0157. The van der Waals surface area contributed by atoms with Crippen LogP contribution in [0.4, 0.5) is 0 Å². The van der Waals surface area contributed by atoms with Gasteiger partial charge in [-0.1, -0.05) is 81.5 Å². The number of halogens is 2. The molecule has 1 aromatic carbocycles. The summed E-state index contributed by atoms with van der Waals surface area (Å²) in [6, 6.07) is 5.53. The Hall–Kier alpha value is -1.43. The molecule has 2 aromatic rings. The lowest BCUT2D eigenvalue weighted by atomic mass is 9.79. The molecular weight excluding hydrogens is 405 g/mol. The standard InChI is InChI=1S/C22H31Cl2N5/c1-21(2,3)19(12-10-16-9-11-17(23)15-18(16)24)29-20(25-26-27-29)22(28(4)5)13-7-6-8-14-22/h9-12,15,19H,6-8,13-14H2,1-5H3/b12-10-/t19-/m0/s1. The van der Waals surface area contributed by atoms with Gasteiger partial charge in [-0.05, 0) is 60.5 Å². The highest BCUT2D eigenvalue weighted by Crippen LogP contribution is 2.42. The van der Waals surface area contributed by atoms with Crippen LogP contribution < -0.4 is 0 Å². The van der Waals surface area contributed by atoms with Crippen LogP contribution in [-0.4, -0.2) is 39.2 Å². The molecule has 0 aliphatic heterocycles. The lowest BCUT2D eigenvalue weighted by Crippen LogP contribution is -2.46. The Bertz CT molecular complexity index is 860. The van der Waals surface area contributed by atoms with E-state index in [4.69, 9.17) is 23.2 Å². The fourth-order valence-electron chi connectivity index (χ4n) is 4.26. The van der Waals surface area contributed by atoms with Crippen LogP contribution in [0.5, 0.6) is 0 Å². The monoisotopic (exact) mass is 435 g/mol. The van der Waals surface area contributed by atoms with Gasteiger partial charge in [0.15, 0.2) is 5.82 Å². The van der Waals surface area contributed by atoms with E-state index in [1.54, 1.807) is 6.07 Å². The highest BCUT2D eigenvalue weighted by atomic mass is 35.5. The van der Waals surface area contributed by atoms with Crippen LogP contribution >= 0.6 is 23.2 Å². The van der Waals surface area contributed by atoms with E-state index in [0.717, 1.165) is 24.2 Å². The number of hydrogen-bond donors (Lipinski definition) is 0. The molecular formula is C22H31Cl2N5. The Balaban J connectivity index is 2.03. The molecule has 1 saturated carbocycles. The first-order valence-corrected chi connectivity index (χ1v) is 11.0. The van der Waals surface area contributed by atoms with Gasteiger partial charge in [-0.2, -0.15) is 0 Å². The molecule has 1 aliphatic rings. The quantitative estimate of drug-likeness (QED) is 0.577. The third-order valence-corrected chi connectivity index (χ3v) is 6.58. The van der Waals surface area contributed by atoms with Crippen LogP contribution in [0.1, 0.15) is 70.3 Å². The predicted octanol–water partition coefficient (Wildman–Crippen LogP) is 6.00. The van der Waals surface area contributed by atoms with Crippen molar-refractivity contribution in [2.24, 2.45) is 5.41 Å². The number of aromatic nitrogens is 4. The Kier molecular flexibility index (Phi) is 6.71. The molecule has 1 heterocycles. The van der Waals surface area contributed by atoms with E-state index >= 15 is 0 Å². The summed E-state index contributed by atoms with van der Waals surface area (Å²) in [5, 5.41) is 14.4. The van der Waals surface area contributed by atoms with E-state index in [9.17, 15) is 0 Å². The maximum Gasteiger partial charge on any atom is 0.172 e. The average molecular weight is 436 g/mol. The van der Waals surface area contributed by atoms with Crippen LogP contribution in [0.25, 0.3) is 6.08 Å². The van der Waals surface area contributed by atoms with Crippen molar-refractivity contribution in [1.82, 2.24) is 25.1 Å². The summed E-state index contributed by atoms with van der Waals surface area (Å²) in [5.41, 5.74) is 0.721. The third kappa shape index (κ3) is 4.68. The zero-order chi connectivity index (χ0) is 21.2. The summed E-state index contributed by atoms with van der Waals surface area (Å²) < 4.78 is 2.02. The SMILES string of the molecule is CN(C)C1(c2nnnn2[C@@H](/C=C\c2ccc(Cl)cc2Cl)C(C)(C)C)CCCCC1. The van der Waals surface area contributed by atoms with E-state index in [1.165, 1.54) is 19.3 Å². The first-order valence-electron chi connectivity index (χ1n) is 10.2. The van der Waals surface area contributed by atoms with Gasteiger partial charge in [-0.3, -0.25) is 4.90 Å². The minimum atomic E-state index is -0.128. The highest BCUT2D eigenvalue weighted by molar-refractivity contribution is 6.35. The summed E-state index contributed by atoms with van der Waals surface area (Å²) in [6.45, 7) is 6.63. The molecule has 0 bridgehead atoms. The van der Waals surface area contributed by atoms with Crippen molar-refractivity contribution in [2.75, 3.05) is 14.1 Å². The molecule has 0 amide bonds. The second-order valence-corrected chi connectivity index (χ2v) is 10.1. The molecule has 5 nitrogen and oxygen atoms in total. The summed E-state index contributed by atoms with van der Waals surface area (Å²) in [6.07, 6.45) is 10.0. The molecule has 0 spiro atoms. The molecule has 0 unspecified atom stereocenters. The number of allylic oxidation sites excluding steroid dienone is 1. The van der Waals surface area contributed by atoms with Crippen molar-refractivity contribution < 1.29 is 0 Å². The Labute approximate surface area is 184 Å². The Morgan fingerprint density at radius 2 is 1.83 bits per heavy atom. The van der Waals surface area contributed by atoms with Gasteiger partial charge >= 0.3 is 0 Å². The van der Waals surface area contributed by atoms with Crippen LogP contribution in [-0.2, 0) is 5.54 Å². The molecule has 7 heteroatoms. The molecule has 1 fully saturated rings. The summed E-state index contributed by atoms with van der Waals surface area (Å²) in [4.78, 5) is 2.30. The van der Waals surface area contributed by atoms with Crippen LogP contribution in [0.3, 0.4) is 0 Å². The van der Waals surface area contributed by atoms with E-state index in [2.05, 4.69) is 61.4 Å². The molecule has 0 N–H and O–H groups in total. The first kappa shape index (κ1) is 22.3. The average Bonchev–Trinajstić information content (AvgIpc) is 3.12. The zero-order valence-corrected chi connectivity index (χ0v) is 19.5. The molecule has 3 rings (SSSR count). The summed E-state index contributed by atoms with van der Waals surface area (Å²) in [5.74, 6) is 0.953. The summed E-state index contributed by atoms with van der Waals surface area (Å²) >= 11 is 12.4. The molecule has 1 aliphatic carbocycles. The fraction of sp³-hybridized carbons (Fsp3) is 0.591. The van der Waals surface area contributed by atoms with E-state index < -0.39 is 0 Å². The second kappa shape index (κ2) is 8.75. The Morgan fingerprint density at radius 3 is 2.41 bits per heavy atom. The molecule has 0 radical (unpaired) electrons. The number of tetrazole rings is 1. The largest absolute Gasteiger partial charge is 0.297 e. The molecule has 158 valence electrons. The Morgan fingerprint density at radius 1 is 1.14 bits per heavy atom. The van der Waals surface area contributed by atoms with E-state index in [-0.39, 0.29) is 17.0 Å². The van der Waals surface area contributed by atoms with E-state index in [0.29, 0.717) is 10.0 Å². The predicted molar refractivity (Wildman–Crippen MR) is 120 cm³/mol. The van der Waals surface area contributed by atoms with Gasteiger partial charge in [0, 0.05) is 10.0 Å². The van der Waals surface area contributed by atoms with Gasteiger partial charge in [0.25, 0.3) is 0 Å². The number of rotatable bonds is 5. The maximum atomic E-state index is 6.38.